The lowest BCUT2D eigenvalue weighted by Crippen LogP contribution is -2.30. The summed E-state index contributed by atoms with van der Waals surface area (Å²) in [5, 5.41) is 0.664. The molecule has 0 bridgehead atoms. The van der Waals surface area contributed by atoms with Crippen LogP contribution in [0.25, 0.3) is 0 Å². The van der Waals surface area contributed by atoms with Gasteiger partial charge in [-0.3, -0.25) is 4.98 Å². The fourth-order valence-electron chi connectivity index (χ4n) is 3.30. The van der Waals surface area contributed by atoms with Crippen molar-refractivity contribution >= 4 is 21.6 Å². The van der Waals surface area contributed by atoms with E-state index in [0.29, 0.717) is 36.1 Å². The van der Waals surface area contributed by atoms with Gasteiger partial charge in [0.1, 0.15) is 16.7 Å². The maximum absolute atomic E-state index is 13.0. The third-order valence-electron chi connectivity index (χ3n) is 4.62. The topological polar surface area (TPSA) is 76.3 Å². The number of pyridine rings is 1. The maximum atomic E-state index is 13.0. The van der Waals surface area contributed by atoms with Crippen molar-refractivity contribution in [2.24, 2.45) is 0 Å². The lowest BCUT2D eigenvalue weighted by atomic mass is 10.1. The van der Waals surface area contributed by atoms with Crippen molar-refractivity contribution in [1.29, 1.82) is 0 Å². The van der Waals surface area contributed by atoms with Gasteiger partial charge in [-0.25, -0.2) is 13.4 Å². The van der Waals surface area contributed by atoms with Crippen LogP contribution in [0, 0.1) is 0 Å². The molecule has 1 atom stereocenters. The molecule has 0 saturated carbocycles. The Bertz CT molecular complexity index is 1040. The molecule has 1 aromatic carbocycles. The van der Waals surface area contributed by atoms with Crippen LogP contribution in [0.4, 0.5) is 0 Å². The molecule has 0 radical (unpaired) electrons. The fourth-order valence-corrected chi connectivity index (χ4v) is 5.12. The number of hydrogen-bond acceptors (Lipinski definition) is 5. The molecular weight excluding hydrogens is 386 g/mol. The molecule has 1 saturated heterocycles. The van der Waals surface area contributed by atoms with Crippen molar-refractivity contribution < 1.29 is 12.8 Å². The van der Waals surface area contributed by atoms with Crippen LogP contribution in [-0.2, 0) is 16.4 Å². The minimum Gasteiger partial charge on any atom is -0.444 e. The van der Waals surface area contributed by atoms with Gasteiger partial charge in [0.2, 0.25) is 15.9 Å². The molecular formula is C19H18ClN3O3S. The minimum atomic E-state index is -3.64. The van der Waals surface area contributed by atoms with E-state index in [1.54, 1.807) is 24.5 Å². The van der Waals surface area contributed by atoms with Crippen molar-refractivity contribution in [2.45, 2.75) is 30.2 Å². The predicted molar refractivity (Wildman–Crippen MR) is 101 cm³/mol. The summed E-state index contributed by atoms with van der Waals surface area (Å²) >= 11 is 6.20. The molecule has 1 aliphatic rings. The second kappa shape index (κ2) is 7.42. The monoisotopic (exact) mass is 403 g/mol. The highest BCUT2D eigenvalue weighted by Crippen LogP contribution is 2.36. The maximum Gasteiger partial charge on any atom is 0.245 e. The van der Waals surface area contributed by atoms with Crippen LogP contribution in [0.15, 0.2) is 64.3 Å². The van der Waals surface area contributed by atoms with E-state index in [0.717, 1.165) is 12.0 Å². The quantitative estimate of drug-likeness (QED) is 0.646. The van der Waals surface area contributed by atoms with Crippen molar-refractivity contribution in [2.75, 3.05) is 6.54 Å². The van der Waals surface area contributed by atoms with Gasteiger partial charge in [-0.2, -0.15) is 4.31 Å². The zero-order valence-corrected chi connectivity index (χ0v) is 16.0. The molecule has 0 spiro atoms. The second-order valence-electron chi connectivity index (χ2n) is 6.40. The van der Waals surface area contributed by atoms with Crippen LogP contribution in [0.2, 0.25) is 5.02 Å². The molecule has 1 unspecified atom stereocenters. The fraction of sp³-hybridized carbons (Fsp3) is 0.263. The number of sulfonamides is 1. The number of hydrogen-bond donors (Lipinski definition) is 0. The Hall–Kier alpha value is -2.22. The van der Waals surface area contributed by atoms with Crippen LogP contribution in [-0.4, -0.2) is 29.2 Å². The van der Waals surface area contributed by atoms with E-state index < -0.39 is 16.1 Å². The van der Waals surface area contributed by atoms with Gasteiger partial charge < -0.3 is 4.42 Å². The van der Waals surface area contributed by atoms with Crippen molar-refractivity contribution in [3.8, 4) is 0 Å². The first-order valence-electron chi connectivity index (χ1n) is 8.65. The van der Waals surface area contributed by atoms with Gasteiger partial charge in [-0.1, -0.05) is 29.8 Å². The van der Waals surface area contributed by atoms with E-state index in [2.05, 4.69) is 9.97 Å². The van der Waals surface area contributed by atoms with E-state index in [-0.39, 0.29) is 4.90 Å². The Labute approximate surface area is 162 Å². The van der Waals surface area contributed by atoms with Crippen LogP contribution < -0.4 is 0 Å². The molecule has 140 valence electrons. The highest BCUT2D eigenvalue weighted by Gasteiger charge is 2.38. The van der Waals surface area contributed by atoms with E-state index in [4.69, 9.17) is 16.0 Å². The molecule has 0 aliphatic carbocycles. The number of halogens is 1. The molecule has 0 N–H and O–H groups in total. The van der Waals surface area contributed by atoms with E-state index in [1.165, 1.54) is 10.5 Å². The molecule has 4 rings (SSSR count). The average Bonchev–Trinajstić information content (AvgIpc) is 3.34. The van der Waals surface area contributed by atoms with E-state index in [1.807, 2.05) is 24.3 Å². The predicted octanol–water partition coefficient (Wildman–Crippen LogP) is 3.84. The Kier molecular flexibility index (Phi) is 4.99. The molecule has 2 aromatic heterocycles. The summed E-state index contributed by atoms with van der Waals surface area (Å²) < 4.78 is 33.3. The molecule has 0 amide bonds. The minimum absolute atomic E-state index is 0.180. The first-order valence-corrected chi connectivity index (χ1v) is 10.5. The summed E-state index contributed by atoms with van der Waals surface area (Å²) in [6, 6.07) is 10.3. The molecule has 8 heteroatoms. The highest BCUT2D eigenvalue weighted by atomic mass is 35.5. The smallest absolute Gasteiger partial charge is 0.245 e. The Balaban J connectivity index is 1.58. The summed E-state index contributed by atoms with van der Waals surface area (Å²) in [4.78, 5) is 8.45. The third-order valence-corrected chi connectivity index (χ3v) is 6.88. The largest absolute Gasteiger partial charge is 0.444 e. The van der Waals surface area contributed by atoms with Crippen LogP contribution in [0.5, 0.6) is 0 Å². The van der Waals surface area contributed by atoms with Gasteiger partial charge in [-0.05, 0) is 36.6 Å². The van der Waals surface area contributed by atoms with Gasteiger partial charge in [0.25, 0.3) is 0 Å². The van der Waals surface area contributed by atoms with Crippen LogP contribution in [0.1, 0.15) is 36.1 Å². The molecule has 27 heavy (non-hydrogen) atoms. The van der Waals surface area contributed by atoms with Gasteiger partial charge in [0.15, 0.2) is 0 Å². The standard InChI is InChI=1S/C19H18ClN3O3S/c20-17-7-2-1-5-14(17)11-15-12-22-19(26-15)18-8-4-10-23(18)27(24,25)16-6-3-9-21-13-16/h1-3,5-7,9,12-13,18H,4,8,10-11H2. The normalized spacial score (nSPS) is 18.0. The number of nitrogens with zero attached hydrogens (tertiary/aromatic N) is 3. The Morgan fingerprint density at radius 2 is 2.04 bits per heavy atom. The number of benzene rings is 1. The zero-order chi connectivity index (χ0) is 18.9. The lowest BCUT2D eigenvalue weighted by molar-refractivity contribution is 0.322. The summed E-state index contributed by atoms with van der Waals surface area (Å²) in [6.07, 6.45) is 6.50. The number of aromatic nitrogens is 2. The molecule has 3 aromatic rings. The third kappa shape index (κ3) is 3.63. The van der Waals surface area contributed by atoms with Gasteiger partial charge in [0, 0.05) is 30.4 Å². The summed E-state index contributed by atoms with van der Waals surface area (Å²) in [5.41, 5.74) is 0.938. The van der Waals surface area contributed by atoms with Gasteiger partial charge >= 0.3 is 0 Å². The number of rotatable bonds is 5. The van der Waals surface area contributed by atoms with Crippen LogP contribution >= 0.6 is 11.6 Å². The molecule has 1 fully saturated rings. The van der Waals surface area contributed by atoms with E-state index in [9.17, 15) is 8.42 Å². The second-order valence-corrected chi connectivity index (χ2v) is 8.69. The Morgan fingerprint density at radius 1 is 1.19 bits per heavy atom. The van der Waals surface area contributed by atoms with Crippen LogP contribution in [0.3, 0.4) is 0 Å². The highest BCUT2D eigenvalue weighted by molar-refractivity contribution is 7.89. The molecule has 6 nitrogen and oxygen atoms in total. The summed E-state index contributed by atoms with van der Waals surface area (Å²) in [6.45, 7) is 0.435. The summed E-state index contributed by atoms with van der Waals surface area (Å²) in [5.74, 6) is 1.07. The zero-order valence-electron chi connectivity index (χ0n) is 14.5. The SMILES string of the molecule is O=S(=O)(c1cccnc1)N1CCCC1c1ncc(Cc2ccccc2Cl)o1. The lowest BCUT2D eigenvalue weighted by Gasteiger charge is -2.21. The van der Waals surface area contributed by atoms with Crippen molar-refractivity contribution in [3.05, 3.63) is 77.2 Å². The summed E-state index contributed by atoms with van der Waals surface area (Å²) in [7, 11) is -3.64. The first-order chi connectivity index (χ1) is 13.1. The average molecular weight is 404 g/mol. The van der Waals surface area contributed by atoms with Crippen molar-refractivity contribution in [1.82, 2.24) is 14.3 Å². The molecule has 3 heterocycles. The van der Waals surface area contributed by atoms with E-state index >= 15 is 0 Å². The number of oxazole rings is 1. The molecule has 1 aliphatic heterocycles. The van der Waals surface area contributed by atoms with Crippen molar-refractivity contribution in [3.63, 3.8) is 0 Å². The first kappa shape index (κ1) is 18.2. The van der Waals surface area contributed by atoms with Gasteiger partial charge in [0.05, 0.1) is 6.20 Å². The van der Waals surface area contributed by atoms with Gasteiger partial charge in [-0.15, -0.1) is 0 Å². The Morgan fingerprint density at radius 3 is 2.81 bits per heavy atom.